The van der Waals surface area contributed by atoms with Crippen LogP contribution in [-0.4, -0.2) is 25.5 Å². The average molecular weight is 657 g/mol. The van der Waals surface area contributed by atoms with Crippen molar-refractivity contribution in [2.24, 2.45) is 0 Å². The van der Waals surface area contributed by atoms with Gasteiger partial charge in [-0.15, -0.1) is 0 Å². The van der Waals surface area contributed by atoms with Crippen LogP contribution in [0.5, 0.6) is 11.5 Å². The minimum Gasteiger partial charge on any atom is -0.493 e. The fraction of sp³-hybridized carbons (Fsp3) is 0.0800. The molecule has 0 radical (unpaired) electrons. The van der Waals surface area contributed by atoms with Crippen molar-refractivity contribution in [2.75, 3.05) is 24.4 Å². The number of carbonyl (C=O) groups excluding carboxylic acids is 2. The maximum atomic E-state index is 12.6. The molecule has 0 aromatic heterocycles. The Hall–Kier alpha value is -2.97. The lowest BCUT2D eigenvalue weighted by atomic mass is 10.1. The predicted molar refractivity (Wildman–Crippen MR) is 150 cm³/mol. The average Bonchev–Trinajstić information content (AvgIpc) is 2.83. The Labute approximate surface area is 236 Å². The van der Waals surface area contributed by atoms with Crippen LogP contribution in [0.25, 0.3) is 6.08 Å². The number of anilines is 2. The second-order valence-corrected chi connectivity index (χ2v) is 9.55. The summed E-state index contributed by atoms with van der Waals surface area (Å²) in [7, 11) is 1.44. The smallest absolute Gasteiger partial charge is 0.266 e. The Bertz CT molecular complexity index is 1390. The zero-order valence-electron chi connectivity index (χ0n) is 18.6. The van der Waals surface area contributed by atoms with Crippen molar-refractivity contribution >= 4 is 86.7 Å². The molecule has 184 valence electrons. The van der Waals surface area contributed by atoms with Gasteiger partial charge in [0, 0.05) is 16.4 Å². The molecule has 0 fully saturated rings. The highest BCUT2D eigenvalue weighted by atomic mass is 127. The first kappa shape index (κ1) is 27.6. The Morgan fingerprint density at radius 2 is 1.78 bits per heavy atom. The Kier molecular flexibility index (Phi) is 9.84. The number of amides is 2. The molecule has 2 amide bonds. The quantitative estimate of drug-likeness (QED) is 0.158. The number of benzene rings is 3. The molecular formula is C25H17Cl3IN3O4. The van der Waals surface area contributed by atoms with Crippen molar-refractivity contribution in [1.29, 1.82) is 5.26 Å². The molecule has 3 aromatic rings. The molecule has 0 bridgehead atoms. The minimum atomic E-state index is -0.590. The van der Waals surface area contributed by atoms with E-state index in [4.69, 9.17) is 44.3 Å². The molecule has 0 aliphatic heterocycles. The summed E-state index contributed by atoms with van der Waals surface area (Å²) in [4.78, 5) is 24.9. The highest BCUT2D eigenvalue weighted by Crippen LogP contribution is 2.35. The van der Waals surface area contributed by atoms with Gasteiger partial charge in [0.25, 0.3) is 11.8 Å². The van der Waals surface area contributed by atoms with Crippen LogP contribution < -0.4 is 20.1 Å². The number of carbonyl (C=O) groups is 2. The standard InChI is InChI=1S/C25H17Cl3IN3O4/c1-35-22-9-14(7-15(12-30)25(34)32-17-4-2-3-16(26)10-17)8-21(29)24(22)36-13-23(33)31-18-5-6-19(27)20(28)11-18/h2-11H,13H2,1H3,(H,31,33)(H,32,34)/b15-7-. The van der Waals surface area contributed by atoms with Gasteiger partial charge < -0.3 is 20.1 Å². The van der Waals surface area contributed by atoms with Gasteiger partial charge in [0.15, 0.2) is 18.1 Å². The zero-order valence-corrected chi connectivity index (χ0v) is 23.0. The van der Waals surface area contributed by atoms with E-state index in [0.29, 0.717) is 47.1 Å². The Balaban J connectivity index is 1.73. The molecular weight excluding hydrogens is 640 g/mol. The lowest BCUT2D eigenvalue weighted by Crippen LogP contribution is -2.20. The van der Waals surface area contributed by atoms with Crippen LogP contribution in [0.3, 0.4) is 0 Å². The lowest BCUT2D eigenvalue weighted by molar-refractivity contribution is -0.118. The van der Waals surface area contributed by atoms with E-state index in [2.05, 4.69) is 10.6 Å². The minimum absolute atomic E-state index is 0.123. The van der Waals surface area contributed by atoms with Gasteiger partial charge in [-0.05, 0) is 82.8 Å². The summed E-state index contributed by atoms with van der Waals surface area (Å²) < 4.78 is 11.7. The van der Waals surface area contributed by atoms with Gasteiger partial charge in [-0.1, -0.05) is 40.9 Å². The van der Waals surface area contributed by atoms with E-state index in [1.165, 1.54) is 19.3 Å². The number of ether oxygens (including phenoxy) is 2. The first-order chi connectivity index (χ1) is 17.2. The van der Waals surface area contributed by atoms with Gasteiger partial charge in [-0.25, -0.2) is 0 Å². The van der Waals surface area contributed by atoms with Crippen LogP contribution in [0.2, 0.25) is 15.1 Å². The molecule has 0 heterocycles. The summed E-state index contributed by atoms with van der Waals surface area (Å²) in [5, 5.41) is 16.0. The third kappa shape index (κ3) is 7.51. The highest BCUT2D eigenvalue weighted by molar-refractivity contribution is 14.1. The molecule has 0 unspecified atom stereocenters. The predicted octanol–water partition coefficient (Wildman–Crippen LogP) is 6.82. The fourth-order valence-electron chi connectivity index (χ4n) is 2.95. The monoisotopic (exact) mass is 655 g/mol. The summed E-state index contributed by atoms with van der Waals surface area (Å²) in [6.07, 6.45) is 1.42. The van der Waals surface area contributed by atoms with Crippen molar-refractivity contribution in [3.05, 3.63) is 84.4 Å². The molecule has 2 N–H and O–H groups in total. The molecule has 36 heavy (non-hydrogen) atoms. The van der Waals surface area contributed by atoms with Crippen LogP contribution in [0.4, 0.5) is 11.4 Å². The third-order valence-electron chi connectivity index (χ3n) is 4.56. The topological polar surface area (TPSA) is 100 Å². The number of nitriles is 1. The number of nitrogens with zero attached hydrogens (tertiary/aromatic N) is 1. The second-order valence-electron chi connectivity index (χ2n) is 7.13. The van der Waals surface area contributed by atoms with Gasteiger partial charge in [0.2, 0.25) is 0 Å². The maximum absolute atomic E-state index is 12.6. The van der Waals surface area contributed by atoms with E-state index >= 15 is 0 Å². The van der Waals surface area contributed by atoms with Crippen molar-refractivity contribution in [2.45, 2.75) is 0 Å². The number of methoxy groups -OCH3 is 1. The van der Waals surface area contributed by atoms with Gasteiger partial charge in [-0.3, -0.25) is 9.59 Å². The van der Waals surface area contributed by atoms with Crippen LogP contribution >= 0.6 is 57.4 Å². The molecule has 0 aliphatic carbocycles. The fourth-order valence-corrected chi connectivity index (χ4v) is 4.22. The summed E-state index contributed by atoms with van der Waals surface area (Å²) in [6.45, 7) is -0.298. The largest absolute Gasteiger partial charge is 0.493 e. The highest BCUT2D eigenvalue weighted by Gasteiger charge is 2.16. The summed E-state index contributed by atoms with van der Waals surface area (Å²) in [5.41, 5.74) is 1.34. The summed E-state index contributed by atoms with van der Waals surface area (Å²) >= 11 is 19.8. The normalized spacial score (nSPS) is 10.8. The summed E-state index contributed by atoms with van der Waals surface area (Å²) in [6, 6.07) is 16.5. The first-order valence-corrected chi connectivity index (χ1v) is 12.4. The van der Waals surface area contributed by atoms with Crippen LogP contribution in [0.1, 0.15) is 5.56 Å². The molecule has 0 aliphatic rings. The van der Waals surface area contributed by atoms with E-state index in [1.807, 2.05) is 28.7 Å². The molecule has 7 nitrogen and oxygen atoms in total. The van der Waals surface area contributed by atoms with Gasteiger partial charge in [-0.2, -0.15) is 5.26 Å². The first-order valence-electron chi connectivity index (χ1n) is 10.1. The van der Waals surface area contributed by atoms with Crippen LogP contribution in [0, 0.1) is 14.9 Å². The molecule has 3 aromatic carbocycles. The number of hydrogen-bond acceptors (Lipinski definition) is 5. The van der Waals surface area contributed by atoms with Gasteiger partial charge in [0.1, 0.15) is 11.6 Å². The number of nitrogens with one attached hydrogen (secondary N) is 2. The SMILES string of the molecule is COc1cc(/C=C(/C#N)C(=O)Nc2cccc(Cl)c2)cc(I)c1OCC(=O)Nc1ccc(Cl)c(Cl)c1. The van der Waals surface area contributed by atoms with Crippen LogP contribution in [0.15, 0.2) is 60.2 Å². The molecule has 0 saturated heterocycles. The van der Waals surface area contributed by atoms with Gasteiger partial charge >= 0.3 is 0 Å². The number of rotatable bonds is 8. The van der Waals surface area contributed by atoms with E-state index in [1.54, 1.807) is 48.5 Å². The zero-order chi connectivity index (χ0) is 26.2. The molecule has 0 spiro atoms. The van der Waals surface area contributed by atoms with Crippen molar-refractivity contribution in [3.8, 4) is 17.6 Å². The van der Waals surface area contributed by atoms with E-state index in [0.717, 1.165) is 0 Å². The van der Waals surface area contributed by atoms with Crippen molar-refractivity contribution < 1.29 is 19.1 Å². The van der Waals surface area contributed by atoms with E-state index in [9.17, 15) is 14.9 Å². The Morgan fingerprint density at radius 3 is 2.44 bits per heavy atom. The van der Waals surface area contributed by atoms with E-state index in [-0.39, 0.29) is 12.2 Å². The third-order valence-corrected chi connectivity index (χ3v) is 6.34. The van der Waals surface area contributed by atoms with Crippen molar-refractivity contribution in [1.82, 2.24) is 0 Å². The maximum Gasteiger partial charge on any atom is 0.266 e. The lowest BCUT2D eigenvalue weighted by Gasteiger charge is -2.14. The summed E-state index contributed by atoms with van der Waals surface area (Å²) in [5.74, 6) is -0.350. The van der Waals surface area contributed by atoms with E-state index < -0.39 is 11.8 Å². The number of hydrogen-bond donors (Lipinski definition) is 2. The van der Waals surface area contributed by atoms with Gasteiger partial charge in [0.05, 0.1) is 20.7 Å². The Morgan fingerprint density at radius 1 is 1.03 bits per heavy atom. The van der Waals surface area contributed by atoms with Crippen LogP contribution in [-0.2, 0) is 9.59 Å². The number of halogens is 4. The molecule has 11 heteroatoms. The van der Waals surface area contributed by atoms with Crippen molar-refractivity contribution in [3.63, 3.8) is 0 Å². The second kappa shape index (κ2) is 12.8. The molecule has 3 rings (SSSR count). The molecule has 0 atom stereocenters. The molecule has 0 saturated carbocycles.